The Kier molecular flexibility index (Phi) is 8.45. The van der Waals surface area contributed by atoms with Gasteiger partial charge in [0, 0.05) is 25.7 Å². The number of hydrogen-bond acceptors (Lipinski definition) is 7. The molecule has 0 aromatic heterocycles. The Morgan fingerprint density at radius 1 is 1.17 bits per heavy atom. The number of carbonyl (C=O) groups excluding carboxylic acids is 2. The van der Waals surface area contributed by atoms with Gasteiger partial charge in [-0.25, -0.2) is 0 Å². The molecule has 0 saturated carbocycles. The number of benzene rings is 2. The van der Waals surface area contributed by atoms with Crippen molar-refractivity contribution in [2.45, 2.75) is 20.0 Å². The molecule has 0 aliphatic heterocycles. The molecule has 1 unspecified atom stereocenters. The van der Waals surface area contributed by atoms with Crippen molar-refractivity contribution in [3.05, 3.63) is 47.5 Å². The predicted octanol–water partition coefficient (Wildman–Crippen LogP) is 1.17. The van der Waals surface area contributed by atoms with Crippen LogP contribution in [0.5, 0.6) is 17.2 Å². The number of aryl methyl sites for hydroxylation is 1. The second-order valence-electron chi connectivity index (χ2n) is 6.72. The van der Waals surface area contributed by atoms with Gasteiger partial charge in [-0.05, 0) is 48.9 Å². The number of phenols is 1. The zero-order valence-corrected chi connectivity index (χ0v) is 17.0. The average molecular weight is 417 g/mol. The molecule has 9 nitrogen and oxygen atoms in total. The molecule has 2 amide bonds. The number of carbonyl (C=O) groups is 2. The quantitative estimate of drug-likeness (QED) is 0.345. The molecule has 0 fully saturated rings. The Labute approximate surface area is 174 Å². The number of amides is 2. The van der Waals surface area contributed by atoms with E-state index in [0.717, 1.165) is 5.56 Å². The van der Waals surface area contributed by atoms with Crippen molar-refractivity contribution >= 4 is 17.5 Å². The Balaban J connectivity index is 1.68. The van der Waals surface area contributed by atoms with Crippen LogP contribution in [0.3, 0.4) is 0 Å². The van der Waals surface area contributed by atoms with Crippen molar-refractivity contribution in [1.29, 1.82) is 0 Å². The summed E-state index contributed by atoms with van der Waals surface area (Å²) in [6.45, 7) is 4.45. The highest BCUT2D eigenvalue weighted by Crippen LogP contribution is 2.23. The molecule has 162 valence electrons. The van der Waals surface area contributed by atoms with E-state index >= 15 is 0 Å². The lowest BCUT2D eigenvalue weighted by Gasteiger charge is -2.15. The summed E-state index contributed by atoms with van der Waals surface area (Å²) in [6.07, 6.45) is -0.727. The lowest BCUT2D eigenvalue weighted by molar-refractivity contribution is -0.114. The summed E-state index contributed by atoms with van der Waals surface area (Å²) in [5.41, 5.74) is 6.70. The minimum atomic E-state index is -0.737. The predicted molar refractivity (Wildman–Crippen MR) is 112 cm³/mol. The normalized spacial score (nSPS) is 11.6. The summed E-state index contributed by atoms with van der Waals surface area (Å²) in [5.74, 6) is -0.0444. The van der Waals surface area contributed by atoms with E-state index in [1.165, 1.54) is 25.1 Å². The third kappa shape index (κ3) is 7.26. The Bertz CT molecular complexity index is 887. The maximum Gasteiger partial charge on any atom is 0.252 e. The van der Waals surface area contributed by atoms with Crippen LogP contribution in [0.4, 0.5) is 5.69 Å². The average Bonchev–Trinajstić information content (AvgIpc) is 2.67. The van der Waals surface area contributed by atoms with Crippen molar-refractivity contribution in [3.8, 4) is 17.2 Å². The number of rotatable bonds is 11. The largest absolute Gasteiger partial charge is 0.507 e. The molecule has 2 rings (SSSR count). The van der Waals surface area contributed by atoms with E-state index in [0.29, 0.717) is 36.9 Å². The first kappa shape index (κ1) is 23.0. The number of ether oxygens (including phenoxy) is 2. The highest BCUT2D eigenvalue weighted by molar-refractivity contribution is 5.95. The third-order valence-corrected chi connectivity index (χ3v) is 4.09. The van der Waals surface area contributed by atoms with Crippen molar-refractivity contribution in [3.63, 3.8) is 0 Å². The third-order valence-electron chi connectivity index (χ3n) is 4.09. The topological polar surface area (TPSA) is 143 Å². The summed E-state index contributed by atoms with van der Waals surface area (Å²) in [5, 5.41) is 25.3. The molecule has 0 heterocycles. The molecule has 0 aliphatic carbocycles. The van der Waals surface area contributed by atoms with Crippen LogP contribution in [0.1, 0.15) is 22.8 Å². The number of aromatic hydroxyl groups is 1. The lowest BCUT2D eigenvalue weighted by Crippen LogP contribution is -2.33. The number of primary amides is 1. The number of nitrogens with one attached hydrogen (secondary N) is 2. The second kappa shape index (κ2) is 11.0. The standard InChI is InChI=1S/C21H27N3O6/c1-13-9-15(24-14(2)25)3-6-20(13)30-12-16(26)11-23-7-8-29-17-4-5-19(27)18(10-17)21(22)28/h3-6,9-10,16,23,26-27H,7-8,11-12H2,1-2H3,(H2,22,28)(H,24,25). The minimum absolute atomic E-state index is 0.00608. The molecule has 2 aromatic rings. The van der Waals surface area contributed by atoms with Crippen LogP contribution in [0.25, 0.3) is 0 Å². The van der Waals surface area contributed by atoms with Crippen molar-refractivity contribution < 1.29 is 29.3 Å². The second-order valence-corrected chi connectivity index (χ2v) is 6.72. The zero-order chi connectivity index (χ0) is 22.1. The number of hydrogen-bond donors (Lipinski definition) is 5. The van der Waals surface area contributed by atoms with Gasteiger partial charge in [0.2, 0.25) is 5.91 Å². The molecule has 0 bridgehead atoms. The Hall–Kier alpha value is -3.30. The smallest absolute Gasteiger partial charge is 0.252 e. The molecule has 0 aliphatic rings. The number of aliphatic hydroxyl groups is 1. The van der Waals surface area contributed by atoms with E-state index in [-0.39, 0.29) is 23.8 Å². The van der Waals surface area contributed by atoms with Crippen LogP contribution in [-0.4, -0.2) is 54.4 Å². The van der Waals surface area contributed by atoms with Crippen LogP contribution in [0, 0.1) is 6.92 Å². The summed E-state index contributed by atoms with van der Waals surface area (Å²) >= 11 is 0. The molecule has 1 atom stereocenters. The van der Waals surface area contributed by atoms with Crippen LogP contribution in [0.15, 0.2) is 36.4 Å². The lowest BCUT2D eigenvalue weighted by atomic mass is 10.2. The van der Waals surface area contributed by atoms with Gasteiger partial charge in [-0.1, -0.05) is 0 Å². The molecule has 9 heteroatoms. The van der Waals surface area contributed by atoms with Crippen LogP contribution < -0.4 is 25.8 Å². The highest BCUT2D eigenvalue weighted by atomic mass is 16.5. The van der Waals surface area contributed by atoms with E-state index in [4.69, 9.17) is 15.2 Å². The fraction of sp³-hybridized carbons (Fsp3) is 0.333. The zero-order valence-electron chi connectivity index (χ0n) is 17.0. The van der Waals surface area contributed by atoms with Gasteiger partial charge in [-0.3, -0.25) is 9.59 Å². The first-order valence-electron chi connectivity index (χ1n) is 9.41. The molecular formula is C21H27N3O6. The summed E-state index contributed by atoms with van der Waals surface area (Å²) in [7, 11) is 0. The van der Waals surface area contributed by atoms with Gasteiger partial charge in [-0.15, -0.1) is 0 Å². The molecule has 0 saturated heterocycles. The minimum Gasteiger partial charge on any atom is -0.507 e. The van der Waals surface area contributed by atoms with Gasteiger partial charge in [0.05, 0.1) is 5.56 Å². The number of anilines is 1. The van der Waals surface area contributed by atoms with Gasteiger partial charge in [0.1, 0.15) is 36.6 Å². The van der Waals surface area contributed by atoms with Crippen molar-refractivity contribution in [2.75, 3.05) is 31.6 Å². The van der Waals surface area contributed by atoms with E-state index in [1.807, 2.05) is 6.92 Å². The first-order chi connectivity index (χ1) is 14.3. The van der Waals surface area contributed by atoms with E-state index < -0.39 is 12.0 Å². The molecule has 0 spiro atoms. The first-order valence-corrected chi connectivity index (χ1v) is 9.41. The van der Waals surface area contributed by atoms with Crippen LogP contribution in [0.2, 0.25) is 0 Å². The Morgan fingerprint density at radius 3 is 2.60 bits per heavy atom. The molecule has 6 N–H and O–H groups in total. The highest BCUT2D eigenvalue weighted by Gasteiger charge is 2.10. The van der Waals surface area contributed by atoms with Gasteiger partial charge in [-0.2, -0.15) is 0 Å². The van der Waals surface area contributed by atoms with Gasteiger partial charge < -0.3 is 36.1 Å². The number of nitrogens with two attached hydrogens (primary N) is 1. The maximum absolute atomic E-state index is 11.2. The number of aliphatic hydroxyl groups excluding tert-OH is 1. The van der Waals surface area contributed by atoms with Gasteiger partial charge >= 0.3 is 0 Å². The van der Waals surface area contributed by atoms with Gasteiger partial charge in [0.15, 0.2) is 0 Å². The molecule has 2 aromatic carbocycles. The van der Waals surface area contributed by atoms with E-state index in [2.05, 4.69) is 10.6 Å². The van der Waals surface area contributed by atoms with E-state index in [1.54, 1.807) is 18.2 Å². The van der Waals surface area contributed by atoms with Crippen molar-refractivity contribution in [1.82, 2.24) is 5.32 Å². The monoisotopic (exact) mass is 417 g/mol. The SMILES string of the molecule is CC(=O)Nc1ccc(OCC(O)CNCCOc2ccc(O)c(C(N)=O)c2)c(C)c1. The van der Waals surface area contributed by atoms with Crippen LogP contribution >= 0.6 is 0 Å². The van der Waals surface area contributed by atoms with Crippen molar-refractivity contribution in [2.24, 2.45) is 5.73 Å². The van der Waals surface area contributed by atoms with E-state index in [9.17, 15) is 19.8 Å². The molecular weight excluding hydrogens is 390 g/mol. The fourth-order valence-corrected chi connectivity index (χ4v) is 2.65. The maximum atomic E-state index is 11.2. The molecule has 30 heavy (non-hydrogen) atoms. The molecule has 0 radical (unpaired) electrons. The fourth-order valence-electron chi connectivity index (χ4n) is 2.65. The summed E-state index contributed by atoms with van der Waals surface area (Å²) in [6, 6.07) is 9.52. The van der Waals surface area contributed by atoms with Gasteiger partial charge in [0.25, 0.3) is 5.91 Å². The Morgan fingerprint density at radius 2 is 1.93 bits per heavy atom. The summed E-state index contributed by atoms with van der Waals surface area (Å²) in [4.78, 5) is 22.3. The summed E-state index contributed by atoms with van der Waals surface area (Å²) < 4.78 is 11.1. The van der Waals surface area contributed by atoms with Crippen LogP contribution in [-0.2, 0) is 4.79 Å².